The van der Waals surface area contributed by atoms with Crippen molar-refractivity contribution in [1.29, 1.82) is 0 Å². The maximum Gasteiger partial charge on any atom is 0.0798 e. The van der Waals surface area contributed by atoms with Gasteiger partial charge in [-0.05, 0) is 56.3 Å². The Balaban J connectivity index is 2.22. The number of hydrogen-bond acceptors (Lipinski definition) is 3. The van der Waals surface area contributed by atoms with Crippen LogP contribution in [0.15, 0.2) is 18.5 Å². The van der Waals surface area contributed by atoms with Gasteiger partial charge in [0.15, 0.2) is 0 Å². The predicted molar refractivity (Wildman–Crippen MR) is 73.5 cm³/mol. The van der Waals surface area contributed by atoms with Crippen molar-refractivity contribution in [2.45, 2.75) is 45.8 Å². The first kappa shape index (κ1) is 13.5. The number of ether oxygens (including phenoxy) is 1. The molecule has 1 aliphatic carbocycles. The maximum atomic E-state index is 6.00. The normalized spacial score (nSPS) is 18.6. The Hall–Kier alpha value is -0.930. The zero-order valence-corrected chi connectivity index (χ0v) is 11.6. The van der Waals surface area contributed by atoms with Crippen molar-refractivity contribution >= 4 is 0 Å². The van der Waals surface area contributed by atoms with Gasteiger partial charge in [0.1, 0.15) is 0 Å². The molecule has 0 spiro atoms. The van der Waals surface area contributed by atoms with E-state index in [1.165, 1.54) is 24.0 Å². The molecular weight excluding hydrogens is 224 g/mol. The summed E-state index contributed by atoms with van der Waals surface area (Å²) < 4.78 is 6.00. The standard InChI is InChI=1S/C15H24N2O/c1-4-17-14(13-10-16-9-8-11(13)3)15(18-5-2)12-6-7-12/h8-10,12,14-15,17H,4-7H2,1-3H3. The molecule has 18 heavy (non-hydrogen) atoms. The molecule has 1 aromatic rings. The fraction of sp³-hybridized carbons (Fsp3) is 0.667. The van der Waals surface area contributed by atoms with Gasteiger partial charge < -0.3 is 10.1 Å². The van der Waals surface area contributed by atoms with Crippen molar-refractivity contribution in [2.75, 3.05) is 13.2 Å². The van der Waals surface area contributed by atoms with Crippen molar-refractivity contribution < 1.29 is 4.74 Å². The first-order chi connectivity index (χ1) is 8.77. The second-order valence-corrected chi connectivity index (χ2v) is 5.02. The molecule has 0 radical (unpaired) electrons. The SMILES string of the molecule is CCNC(c1cnccc1C)C(OCC)C1CC1. The molecule has 1 aliphatic rings. The Morgan fingerprint density at radius 3 is 2.78 bits per heavy atom. The van der Waals surface area contributed by atoms with Crippen LogP contribution in [0.2, 0.25) is 0 Å². The highest BCUT2D eigenvalue weighted by Gasteiger charge is 2.38. The van der Waals surface area contributed by atoms with Crippen LogP contribution in [0, 0.1) is 12.8 Å². The van der Waals surface area contributed by atoms with E-state index in [1.54, 1.807) is 0 Å². The third-order valence-electron chi connectivity index (χ3n) is 3.61. The Morgan fingerprint density at radius 1 is 1.44 bits per heavy atom. The Bertz CT molecular complexity index is 377. The molecule has 3 nitrogen and oxygen atoms in total. The van der Waals surface area contributed by atoms with E-state index in [4.69, 9.17) is 4.74 Å². The van der Waals surface area contributed by atoms with Gasteiger partial charge in [-0.25, -0.2) is 0 Å². The lowest BCUT2D eigenvalue weighted by Gasteiger charge is -2.29. The van der Waals surface area contributed by atoms with Gasteiger partial charge in [0.25, 0.3) is 0 Å². The molecular formula is C15H24N2O. The first-order valence-electron chi connectivity index (χ1n) is 7.03. The molecule has 0 saturated heterocycles. The summed E-state index contributed by atoms with van der Waals surface area (Å²) in [6.07, 6.45) is 6.72. The van der Waals surface area contributed by atoms with Crippen molar-refractivity contribution in [3.05, 3.63) is 29.6 Å². The Kier molecular flexibility index (Phi) is 4.72. The van der Waals surface area contributed by atoms with Crippen molar-refractivity contribution in [3.8, 4) is 0 Å². The van der Waals surface area contributed by atoms with Crippen LogP contribution >= 0.6 is 0 Å². The minimum atomic E-state index is 0.274. The molecule has 1 saturated carbocycles. The summed E-state index contributed by atoms with van der Waals surface area (Å²) in [5.74, 6) is 0.716. The summed E-state index contributed by atoms with van der Waals surface area (Å²) in [6.45, 7) is 8.11. The average Bonchev–Trinajstić information content (AvgIpc) is 3.19. The smallest absolute Gasteiger partial charge is 0.0798 e. The van der Waals surface area contributed by atoms with Gasteiger partial charge in [-0.2, -0.15) is 0 Å². The first-order valence-corrected chi connectivity index (χ1v) is 7.03. The molecule has 0 amide bonds. The topological polar surface area (TPSA) is 34.2 Å². The molecule has 1 heterocycles. The Labute approximate surface area is 110 Å². The van der Waals surface area contributed by atoms with Gasteiger partial charge in [0, 0.05) is 19.0 Å². The summed E-state index contributed by atoms with van der Waals surface area (Å²) in [5, 5.41) is 3.58. The molecule has 0 aliphatic heterocycles. The van der Waals surface area contributed by atoms with Crippen LogP contribution in [-0.2, 0) is 4.74 Å². The molecule has 2 unspecified atom stereocenters. The minimum Gasteiger partial charge on any atom is -0.376 e. The third-order valence-corrected chi connectivity index (χ3v) is 3.61. The molecule has 100 valence electrons. The van der Waals surface area contributed by atoms with E-state index in [0.717, 1.165) is 13.2 Å². The van der Waals surface area contributed by atoms with Crippen LogP contribution in [0.4, 0.5) is 0 Å². The maximum absolute atomic E-state index is 6.00. The quantitative estimate of drug-likeness (QED) is 0.805. The number of aryl methyl sites for hydroxylation is 1. The molecule has 2 atom stereocenters. The zero-order valence-electron chi connectivity index (χ0n) is 11.6. The number of aromatic nitrogens is 1. The number of likely N-dealkylation sites (N-methyl/N-ethyl adjacent to an activating group) is 1. The lowest BCUT2D eigenvalue weighted by Crippen LogP contribution is -2.36. The van der Waals surface area contributed by atoms with Crippen molar-refractivity contribution in [3.63, 3.8) is 0 Å². The number of rotatable bonds is 7. The molecule has 3 heteroatoms. The van der Waals surface area contributed by atoms with E-state index in [9.17, 15) is 0 Å². The second kappa shape index (κ2) is 6.30. The van der Waals surface area contributed by atoms with E-state index in [2.05, 4.69) is 37.1 Å². The van der Waals surface area contributed by atoms with Crippen LogP contribution in [0.3, 0.4) is 0 Å². The summed E-state index contributed by atoms with van der Waals surface area (Å²) in [7, 11) is 0. The minimum absolute atomic E-state index is 0.274. The number of nitrogens with zero attached hydrogens (tertiary/aromatic N) is 1. The van der Waals surface area contributed by atoms with Gasteiger partial charge in [-0.1, -0.05) is 6.92 Å². The fourth-order valence-electron chi connectivity index (χ4n) is 2.55. The second-order valence-electron chi connectivity index (χ2n) is 5.02. The fourth-order valence-corrected chi connectivity index (χ4v) is 2.55. The van der Waals surface area contributed by atoms with E-state index in [-0.39, 0.29) is 12.1 Å². The predicted octanol–water partition coefficient (Wildman–Crippen LogP) is 2.86. The monoisotopic (exact) mass is 248 g/mol. The highest BCUT2D eigenvalue weighted by atomic mass is 16.5. The highest BCUT2D eigenvalue weighted by molar-refractivity contribution is 5.26. The largest absolute Gasteiger partial charge is 0.376 e. The molecule has 0 aromatic carbocycles. The average molecular weight is 248 g/mol. The van der Waals surface area contributed by atoms with Crippen molar-refractivity contribution in [2.24, 2.45) is 5.92 Å². The van der Waals surface area contributed by atoms with E-state index < -0.39 is 0 Å². The lowest BCUT2D eigenvalue weighted by atomic mass is 9.96. The molecule has 2 rings (SSSR count). The van der Waals surface area contributed by atoms with Gasteiger partial charge >= 0.3 is 0 Å². The molecule has 1 aromatic heterocycles. The summed E-state index contributed by atoms with van der Waals surface area (Å²) in [6, 6.07) is 2.35. The third kappa shape index (κ3) is 3.09. The van der Waals surface area contributed by atoms with E-state index in [1.807, 2.05) is 12.4 Å². The summed E-state index contributed by atoms with van der Waals surface area (Å²) >= 11 is 0. The van der Waals surface area contributed by atoms with Gasteiger partial charge in [-0.3, -0.25) is 4.98 Å². The van der Waals surface area contributed by atoms with E-state index >= 15 is 0 Å². The zero-order chi connectivity index (χ0) is 13.0. The molecule has 1 N–H and O–H groups in total. The van der Waals surface area contributed by atoms with Crippen LogP contribution in [0.25, 0.3) is 0 Å². The van der Waals surface area contributed by atoms with Crippen molar-refractivity contribution in [1.82, 2.24) is 10.3 Å². The van der Waals surface area contributed by atoms with Crippen LogP contribution in [-0.4, -0.2) is 24.2 Å². The summed E-state index contributed by atoms with van der Waals surface area (Å²) in [4.78, 5) is 4.28. The number of hydrogen-bond donors (Lipinski definition) is 1. The highest BCUT2D eigenvalue weighted by Crippen LogP contribution is 2.40. The van der Waals surface area contributed by atoms with Gasteiger partial charge in [0.2, 0.25) is 0 Å². The van der Waals surface area contributed by atoms with Crippen LogP contribution in [0.1, 0.15) is 43.9 Å². The van der Waals surface area contributed by atoms with Crippen LogP contribution < -0.4 is 5.32 Å². The Morgan fingerprint density at radius 2 is 2.22 bits per heavy atom. The summed E-state index contributed by atoms with van der Waals surface area (Å²) in [5.41, 5.74) is 2.58. The van der Waals surface area contributed by atoms with E-state index in [0.29, 0.717) is 5.92 Å². The number of nitrogens with one attached hydrogen (secondary N) is 1. The van der Waals surface area contributed by atoms with Crippen LogP contribution in [0.5, 0.6) is 0 Å². The lowest BCUT2D eigenvalue weighted by molar-refractivity contribution is 0.0187. The number of pyridine rings is 1. The molecule has 0 bridgehead atoms. The van der Waals surface area contributed by atoms with Gasteiger partial charge in [0.05, 0.1) is 12.1 Å². The van der Waals surface area contributed by atoms with Gasteiger partial charge in [-0.15, -0.1) is 0 Å². The molecule has 1 fully saturated rings.